The van der Waals surface area contributed by atoms with E-state index in [4.69, 9.17) is 34.8 Å². The van der Waals surface area contributed by atoms with Crippen molar-refractivity contribution in [2.45, 2.75) is 11.2 Å². The summed E-state index contributed by atoms with van der Waals surface area (Å²) in [5, 5.41) is 20.0. The predicted octanol–water partition coefficient (Wildman–Crippen LogP) is 2.33. The molecule has 0 saturated carbocycles. The Hall–Kier alpha value is -1.04. The Morgan fingerprint density at radius 2 is 1.90 bits per heavy atom. The van der Waals surface area contributed by atoms with Crippen molar-refractivity contribution < 1.29 is 15.0 Å². The van der Waals surface area contributed by atoms with Crippen molar-refractivity contribution in [3.63, 3.8) is 0 Å². The van der Waals surface area contributed by atoms with E-state index < -0.39 is 11.2 Å². The minimum Gasteiger partial charge on any atom is -0.383 e. The molecule has 0 saturated heterocycles. The lowest BCUT2D eigenvalue weighted by Crippen LogP contribution is -2.40. The largest absolute Gasteiger partial charge is 0.383 e. The number of nitrogens with one attached hydrogen (secondary N) is 1. The van der Waals surface area contributed by atoms with Gasteiger partial charge in [-0.05, 0) is 6.08 Å². The highest BCUT2D eigenvalue weighted by atomic mass is 35.5. The minimum absolute atomic E-state index is 0.0312. The van der Waals surface area contributed by atoms with E-state index in [9.17, 15) is 15.0 Å². The van der Waals surface area contributed by atoms with Crippen LogP contribution >= 0.6 is 34.8 Å². The molecule has 2 rings (SSSR count). The number of hydrogen-bond donors (Lipinski definition) is 3. The zero-order valence-corrected chi connectivity index (χ0v) is 13.0. The number of Topliss-reactive ketones (excluding diaryl/α,β-unsaturated/α-hetero) is 1. The van der Waals surface area contributed by atoms with Crippen LogP contribution in [0, 0.1) is 0 Å². The number of allylic oxidation sites excluding steroid dienone is 1. The summed E-state index contributed by atoms with van der Waals surface area (Å²) in [6.07, 6.45) is -0.472. The van der Waals surface area contributed by atoms with Gasteiger partial charge in [0.15, 0.2) is 10.8 Å². The highest BCUT2D eigenvalue weighted by molar-refractivity contribution is 6.38. The van der Waals surface area contributed by atoms with Crippen LogP contribution in [0.5, 0.6) is 0 Å². The average Bonchev–Trinajstić information content (AvgIpc) is 2.45. The summed E-state index contributed by atoms with van der Waals surface area (Å²) < 4.78 is 0. The molecule has 2 atom stereocenters. The Morgan fingerprint density at radius 3 is 2.52 bits per heavy atom. The van der Waals surface area contributed by atoms with Crippen LogP contribution in [0.1, 0.15) is 10.4 Å². The van der Waals surface area contributed by atoms with E-state index in [2.05, 4.69) is 5.32 Å². The van der Waals surface area contributed by atoms with Gasteiger partial charge in [0.2, 0.25) is 0 Å². The number of carbonyl (C=O) groups is 1. The first-order valence-corrected chi connectivity index (χ1v) is 7.16. The van der Waals surface area contributed by atoms with Gasteiger partial charge in [0.05, 0.1) is 22.3 Å². The van der Waals surface area contributed by atoms with Crippen LogP contribution in [-0.4, -0.2) is 33.7 Å². The third kappa shape index (κ3) is 3.59. The first-order valence-electron chi connectivity index (χ1n) is 6.03. The molecule has 1 aliphatic rings. The van der Waals surface area contributed by atoms with E-state index in [0.717, 1.165) is 6.08 Å². The maximum Gasteiger partial charge on any atom is 0.190 e. The summed E-state index contributed by atoms with van der Waals surface area (Å²) in [6.45, 7) is -0.0624. The van der Waals surface area contributed by atoms with E-state index in [-0.39, 0.29) is 28.1 Å². The van der Waals surface area contributed by atoms with Crippen LogP contribution in [0.2, 0.25) is 0 Å². The van der Waals surface area contributed by atoms with Gasteiger partial charge in [0.25, 0.3) is 0 Å². The molecule has 3 N–H and O–H groups in total. The van der Waals surface area contributed by atoms with Gasteiger partial charge in [-0.1, -0.05) is 65.1 Å². The van der Waals surface area contributed by atoms with Crippen molar-refractivity contribution in [1.29, 1.82) is 0 Å². The quantitative estimate of drug-likeness (QED) is 0.577. The lowest BCUT2D eigenvalue weighted by atomic mass is 10.0. The maximum absolute atomic E-state index is 12.0. The zero-order valence-electron chi connectivity index (χ0n) is 10.7. The van der Waals surface area contributed by atoms with Crippen LogP contribution in [0.3, 0.4) is 0 Å². The Morgan fingerprint density at radius 1 is 1.29 bits per heavy atom. The first-order chi connectivity index (χ1) is 9.83. The number of rotatable bonds is 4. The van der Waals surface area contributed by atoms with Crippen molar-refractivity contribution in [3.8, 4) is 0 Å². The lowest BCUT2D eigenvalue weighted by molar-refractivity contribution is 0.0436. The Bertz CT molecular complexity index is 611. The molecule has 7 heteroatoms. The molecule has 1 aliphatic carbocycles. The van der Waals surface area contributed by atoms with E-state index in [0.29, 0.717) is 5.56 Å². The SMILES string of the molecule is O=C(CNC1=C(Cl)C(O)C(O)(Cl)C=C1Cl)c1ccccc1. The summed E-state index contributed by atoms with van der Waals surface area (Å²) in [5.41, 5.74) is 0.701. The summed E-state index contributed by atoms with van der Waals surface area (Å²) in [7, 11) is 0. The van der Waals surface area contributed by atoms with Gasteiger partial charge < -0.3 is 15.5 Å². The number of alkyl halides is 1. The van der Waals surface area contributed by atoms with Crippen LogP contribution in [0.15, 0.2) is 52.2 Å². The number of carbonyl (C=O) groups excluding carboxylic acids is 1. The second-order valence-electron chi connectivity index (χ2n) is 4.49. The number of hydrogen-bond acceptors (Lipinski definition) is 4. The second-order valence-corrected chi connectivity index (χ2v) is 5.91. The molecule has 0 aliphatic heterocycles. The monoisotopic (exact) mass is 347 g/mol. The second kappa shape index (κ2) is 6.38. The van der Waals surface area contributed by atoms with Gasteiger partial charge in [-0.15, -0.1) is 0 Å². The van der Waals surface area contributed by atoms with Gasteiger partial charge in [-0.2, -0.15) is 0 Å². The molecule has 0 aromatic heterocycles. The minimum atomic E-state index is -2.07. The van der Waals surface area contributed by atoms with Gasteiger partial charge in [-0.3, -0.25) is 4.79 Å². The van der Waals surface area contributed by atoms with Crippen molar-refractivity contribution >= 4 is 40.6 Å². The standard InChI is InChI=1S/C14H12Cl3NO3/c15-9-6-14(17,21)13(20)11(16)12(9)18-7-10(19)8-4-2-1-3-5-8/h1-6,13,18,20-21H,7H2. The fraction of sp³-hybridized carbons (Fsp3) is 0.214. The average molecular weight is 349 g/mol. The van der Waals surface area contributed by atoms with E-state index in [1.807, 2.05) is 6.07 Å². The van der Waals surface area contributed by atoms with Crippen LogP contribution in [-0.2, 0) is 0 Å². The fourth-order valence-corrected chi connectivity index (χ4v) is 2.87. The Labute approximate surface area is 136 Å². The Kier molecular flexibility index (Phi) is 4.96. The summed E-state index contributed by atoms with van der Waals surface area (Å²) in [4.78, 5) is 12.0. The molecule has 21 heavy (non-hydrogen) atoms. The molecular formula is C14H12Cl3NO3. The lowest BCUT2D eigenvalue weighted by Gasteiger charge is -2.29. The first kappa shape index (κ1) is 16.3. The molecule has 0 spiro atoms. The molecule has 2 unspecified atom stereocenters. The van der Waals surface area contributed by atoms with E-state index in [1.165, 1.54) is 0 Å². The van der Waals surface area contributed by atoms with Crippen molar-refractivity contribution in [2.75, 3.05) is 6.54 Å². The number of ketones is 1. The molecule has 1 aromatic carbocycles. The molecule has 112 valence electrons. The molecule has 0 amide bonds. The number of halogens is 3. The summed E-state index contributed by atoms with van der Waals surface area (Å²) in [6, 6.07) is 8.69. The molecule has 0 heterocycles. The summed E-state index contributed by atoms with van der Waals surface area (Å²) >= 11 is 17.5. The smallest absolute Gasteiger partial charge is 0.190 e. The third-order valence-corrected chi connectivity index (χ3v) is 3.96. The van der Waals surface area contributed by atoms with Gasteiger partial charge in [-0.25, -0.2) is 0 Å². The van der Waals surface area contributed by atoms with Crippen LogP contribution < -0.4 is 5.32 Å². The molecule has 4 nitrogen and oxygen atoms in total. The zero-order chi connectivity index (χ0) is 15.6. The van der Waals surface area contributed by atoms with E-state index >= 15 is 0 Å². The maximum atomic E-state index is 12.0. The molecule has 0 bridgehead atoms. The highest BCUT2D eigenvalue weighted by Crippen LogP contribution is 2.37. The van der Waals surface area contributed by atoms with Crippen molar-refractivity contribution in [1.82, 2.24) is 5.32 Å². The predicted molar refractivity (Wildman–Crippen MR) is 82.4 cm³/mol. The summed E-state index contributed by atoms with van der Waals surface area (Å²) in [5.74, 6) is -0.168. The normalized spacial score (nSPS) is 25.6. The molecule has 0 radical (unpaired) electrons. The highest BCUT2D eigenvalue weighted by Gasteiger charge is 2.39. The Balaban J connectivity index is 2.12. The fourth-order valence-electron chi connectivity index (χ4n) is 1.82. The van der Waals surface area contributed by atoms with Gasteiger partial charge in [0, 0.05) is 5.56 Å². The number of aliphatic hydroxyl groups excluding tert-OH is 1. The van der Waals surface area contributed by atoms with E-state index in [1.54, 1.807) is 24.3 Å². The molecular weight excluding hydrogens is 337 g/mol. The van der Waals surface area contributed by atoms with Crippen LogP contribution in [0.4, 0.5) is 0 Å². The topological polar surface area (TPSA) is 69.6 Å². The van der Waals surface area contributed by atoms with Crippen LogP contribution in [0.25, 0.3) is 0 Å². The van der Waals surface area contributed by atoms with Crippen molar-refractivity contribution in [3.05, 3.63) is 57.7 Å². The number of benzene rings is 1. The number of aliphatic hydroxyl groups is 2. The van der Waals surface area contributed by atoms with Gasteiger partial charge in [0.1, 0.15) is 6.10 Å². The van der Waals surface area contributed by atoms with Crippen molar-refractivity contribution in [2.24, 2.45) is 0 Å². The molecule has 0 fully saturated rings. The van der Waals surface area contributed by atoms with Gasteiger partial charge >= 0.3 is 0 Å². The third-order valence-electron chi connectivity index (χ3n) is 2.95. The molecule has 1 aromatic rings.